The molecule has 28 heavy (non-hydrogen) atoms. The van der Waals surface area contributed by atoms with Crippen LogP contribution < -0.4 is 0 Å². The highest BCUT2D eigenvalue weighted by Crippen LogP contribution is 2.39. The van der Waals surface area contributed by atoms with Gasteiger partial charge in [-0.2, -0.15) is 5.06 Å². The van der Waals surface area contributed by atoms with Crippen LogP contribution in [0.1, 0.15) is 30.1 Å². The molecule has 2 saturated heterocycles. The fraction of sp³-hybridized carbons (Fsp3) is 0.286. The van der Waals surface area contributed by atoms with Crippen LogP contribution in [0.4, 0.5) is 4.79 Å². The molecule has 2 aromatic heterocycles. The normalized spacial score (nSPS) is 21.4. The summed E-state index contributed by atoms with van der Waals surface area (Å²) in [5, 5.41) is 5.78. The number of pyridine rings is 1. The molecule has 0 N–H and O–H groups in total. The van der Waals surface area contributed by atoms with Crippen LogP contribution in [0.5, 0.6) is 0 Å². The smallest absolute Gasteiger partial charge is 0.344 e. The molecule has 7 heteroatoms. The lowest BCUT2D eigenvalue weighted by Crippen LogP contribution is -2.34. The highest BCUT2D eigenvalue weighted by Gasteiger charge is 2.46. The zero-order chi connectivity index (χ0) is 18.9. The van der Waals surface area contributed by atoms with E-state index in [0.717, 1.165) is 29.7 Å². The number of aromatic nitrogens is 2. The summed E-state index contributed by atoms with van der Waals surface area (Å²) < 4.78 is 5.52. The number of carbonyl (C=O) groups excluding carboxylic acids is 1. The van der Waals surface area contributed by atoms with Gasteiger partial charge in [-0.25, -0.2) is 4.79 Å². The van der Waals surface area contributed by atoms with E-state index in [2.05, 4.69) is 10.1 Å². The maximum Gasteiger partial charge on any atom is 0.344 e. The van der Waals surface area contributed by atoms with Crippen LogP contribution in [0.25, 0.3) is 11.3 Å². The Bertz CT molecular complexity index is 960. The number of hydroxylamine groups is 2. The maximum atomic E-state index is 12.9. The fourth-order valence-electron chi connectivity index (χ4n) is 3.92. The summed E-state index contributed by atoms with van der Waals surface area (Å²) in [5.41, 5.74) is 2.74. The molecule has 3 aromatic rings. The van der Waals surface area contributed by atoms with Gasteiger partial charge >= 0.3 is 6.03 Å². The molecule has 5 rings (SSSR count). The van der Waals surface area contributed by atoms with E-state index in [9.17, 15) is 4.79 Å². The monoisotopic (exact) mass is 376 g/mol. The van der Waals surface area contributed by atoms with E-state index in [1.807, 2.05) is 53.4 Å². The van der Waals surface area contributed by atoms with Crippen LogP contribution in [-0.4, -0.2) is 38.7 Å². The maximum absolute atomic E-state index is 12.9. The largest absolute Gasteiger partial charge is 0.356 e. The fourth-order valence-corrected chi connectivity index (χ4v) is 3.92. The Labute approximate surface area is 162 Å². The Morgan fingerprint density at radius 2 is 1.93 bits per heavy atom. The van der Waals surface area contributed by atoms with E-state index in [0.29, 0.717) is 18.9 Å². The van der Waals surface area contributed by atoms with E-state index in [-0.39, 0.29) is 18.1 Å². The van der Waals surface area contributed by atoms with Gasteiger partial charge in [0.15, 0.2) is 5.76 Å². The summed E-state index contributed by atoms with van der Waals surface area (Å²) in [6.45, 7) is 1.04. The molecule has 7 nitrogen and oxygen atoms in total. The number of hydrogen-bond donors (Lipinski definition) is 0. The summed E-state index contributed by atoms with van der Waals surface area (Å²) in [4.78, 5) is 24.7. The third-order valence-electron chi connectivity index (χ3n) is 5.37. The Morgan fingerprint density at radius 1 is 1.11 bits per heavy atom. The molecule has 2 aliphatic rings. The average Bonchev–Trinajstić information content (AvgIpc) is 3.33. The molecule has 2 bridgehead atoms. The van der Waals surface area contributed by atoms with Crippen LogP contribution in [0.15, 0.2) is 65.4 Å². The lowest BCUT2D eigenvalue weighted by atomic mass is 9.98. The highest BCUT2D eigenvalue weighted by atomic mass is 16.7. The average molecular weight is 376 g/mol. The van der Waals surface area contributed by atoms with Gasteiger partial charge in [0.2, 0.25) is 0 Å². The highest BCUT2D eigenvalue weighted by molar-refractivity contribution is 5.77. The molecule has 2 amide bonds. The van der Waals surface area contributed by atoms with Crippen molar-refractivity contribution in [1.82, 2.24) is 20.1 Å². The molecular weight excluding hydrogens is 356 g/mol. The SMILES string of the molecule is O=C1N2C[C@@H](CC[C@H]2c2cc(-c3ccncc3)on2)N1OCc1ccccc1. The lowest BCUT2D eigenvalue weighted by molar-refractivity contribution is -0.140. The molecule has 2 atom stereocenters. The second-order valence-electron chi connectivity index (χ2n) is 7.12. The van der Waals surface area contributed by atoms with Gasteiger partial charge in [-0.05, 0) is 30.5 Å². The van der Waals surface area contributed by atoms with Crippen LogP contribution in [0, 0.1) is 0 Å². The summed E-state index contributed by atoms with van der Waals surface area (Å²) in [5.74, 6) is 0.684. The van der Waals surface area contributed by atoms with Crippen molar-refractivity contribution in [1.29, 1.82) is 0 Å². The second-order valence-corrected chi connectivity index (χ2v) is 7.12. The molecular formula is C21H20N4O3. The number of nitrogens with zero attached hydrogens (tertiary/aromatic N) is 4. The van der Waals surface area contributed by atoms with E-state index in [1.165, 1.54) is 5.06 Å². The van der Waals surface area contributed by atoms with Crippen molar-refractivity contribution in [3.63, 3.8) is 0 Å². The van der Waals surface area contributed by atoms with Crippen molar-refractivity contribution >= 4 is 6.03 Å². The molecule has 4 heterocycles. The first-order valence-corrected chi connectivity index (χ1v) is 9.43. The number of piperidine rings is 1. The predicted molar refractivity (Wildman–Crippen MR) is 101 cm³/mol. The predicted octanol–water partition coefficient (Wildman–Crippen LogP) is 3.81. The minimum atomic E-state index is -0.100. The van der Waals surface area contributed by atoms with Crippen molar-refractivity contribution in [2.45, 2.75) is 31.5 Å². The molecule has 2 aliphatic heterocycles. The summed E-state index contributed by atoms with van der Waals surface area (Å²) in [6, 6.07) is 15.4. The zero-order valence-electron chi connectivity index (χ0n) is 15.3. The number of benzene rings is 1. The van der Waals surface area contributed by atoms with Crippen LogP contribution in [-0.2, 0) is 11.4 Å². The molecule has 2 fully saturated rings. The van der Waals surface area contributed by atoms with Gasteiger partial charge in [-0.1, -0.05) is 35.5 Å². The van der Waals surface area contributed by atoms with Gasteiger partial charge in [0.1, 0.15) is 12.3 Å². The molecule has 0 unspecified atom stereocenters. The van der Waals surface area contributed by atoms with Gasteiger partial charge in [0.05, 0.1) is 12.1 Å². The summed E-state index contributed by atoms with van der Waals surface area (Å²) in [6.07, 6.45) is 5.15. The molecule has 0 aliphatic carbocycles. The van der Waals surface area contributed by atoms with Gasteiger partial charge in [0.25, 0.3) is 0 Å². The number of amides is 2. The molecule has 0 saturated carbocycles. The minimum absolute atomic E-state index is 0.0824. The quantitative estimate of drug-likeness (QED) is 0.677. The van der Waals surface area contributed by atoms with Gasteiger partial charge in [0, 0.05) is 30.6 Å². The Balaban J connectivity index is 1.31. The van der Waals surface area contributed by atoms with Crippen molar-refractivity contribution in [3.8, 4) is 11.3 Å². The lowest BCUT2D eigenvalue weighted by Gasteiger charge is -2.28. The second kappa shape index (κ2) is 7.09. The third kappa shape index (κ3) is 3.03. The minimum Gasteiger partial charge on any atom is -0.356 e. The van der Waals surface area contributed by atoms with Gasteiger partial charge in [-0.15, -0.1) is 0 Å². The molecule has 0 radical (unpaired) electrons. The number of hydrogen-bond acceptors (Lipinski definition) is 5. The molecule has 0 spiro atoms. The Hall–Kier alpha value is -3.19. The topological polar surface area (TPSA) is 71.7 Å². The van der Waals surface area contributed by atoms with E-state index in [1.54, 1.807) is 12.4 Å². The van der Waals surface area contributed by atoms with Gasteiger partial charge < -0.3 is 9.42 Å². The van der Waals surface area contributed by atoms with Crippen molar-refractivity contribution in [2.75, 3.05) is 6.54 Å². The molecule has 1 aromatic carbocycles. The first-order chi connectivity index (χ1) is 13.8. The summed E-state index contributed by atoms with van der Waals surface area (Å²) >= 11 is 0. The molecule has 142 valence electrons. The third-order valence-corrected chi connectivity index (χ3v) is 5.37. The Morgan fingerprint density at radius 3 is 2.75 bits per heavy atom. The number of urea groups is 1. The van der Waals surface area contributed by atoms with Crippen LogP contribution in [0.3, 0.4) is 0 Å². The van der Waals surface area contributed by atoms with Crippen LogP contribution in [0.2, 0.25) is 0 Å². The van der Waals surface area contributed by atoms with Gasteiger partial charge in [-0.3, -0.25) is 9.82 Å². The number of carbonyl (C=O) groups is 1. The van der Waals surface area contributed by atoms with Crippen molar-refractivity contribution < 1.29 is 14.2 Å². The summed E-state index contributed by atoms with van der Waals surface area (Å²) in [7, 11) is 0. The number of rotatable bonds is 5. The van der Waals surface area contributed by atoms with E-state index >= 15 is 0 Å². The van der Waals surface area contributed by atoms with Crippen molar-refractivity contribution in [2.24, 2.45) is 0 Å². The zero-order valence-corrected chi connectivity index (χ0v) is 15.3. The first kappa shape index (κ1) is 16.9. The van der Waals surface area contributed by atoms with E-state index in [4.69, 9.17) is 9.36 Å². The standard InChI is InChI=1S/C21H20N4O3/c26-21-24-13-17(25(21)27-14-15-4-2-1-3-5-15)6-7-19(24)18-12-20(28-23-18)16-8-10-22-11-9-16/h1-5,8-12,17,19H,6-7,13-14H2/t17-,19+/m1/s1. The van der Waals surface area contributed by atoms with E-state index < -0.39 is 0 Å². The first-order valence-electron chi connectivity index (χ1n) is 9.43. The number of fused-ring (bicyclic) bond motifs is 2. The Kier molecular flexibility index (Phi) is 4.29. The van der Waals surface area contributed by atoms with Crippen LogP contribution >= 0.6 is 0 Å². The van der Waals surface area contributed by atoms with Crippen molar-refractivity contribution in [3.05, 3.63) is 72.2 Å².